The van der Waals surface area contributed by atoms with E-state index < -0.39 is 97.5 Å². The molecule has 0 aromatic carbocycles. The van der Waals surface area contributed by atoms with Crippen molar-refractivity contribution < 1.29 is 80.2 Å². The summed E-state index contributed by atoms with van der Waals surface area (Å²) in [6, 6.07) is 0. The van der Waals surface area contributed by atoms with E-state index in [0.29, 0.717) is 31.6 Å². The maximum atomic E-state index is 13.1. The maximum absolute atomic E-state index is 13.1. The van der Waals surface area contributed by atoms with Gasteiger partial charge in [-0.2, -0.15) is 0 Å². The van der Waals surface area contributed by atoms with Crippen molar-refractivity contribution in [2.75, 3.05) is 39.6 Å². The van der Waals surface area contributed by atoms with Gasteiger partial charge >= 0.3 is 39.5 Å². The molecule has 0 rings (SSSR count). The highest BCUT2D eigenvalue weighted by Crippen LogP contribution is 2.45. The van der Waals surface area contributed by atoms with E-state index in [0.717, 1.165) is 114 Å². The van der Waals surface area contributed by atoms with Crippen LogP contribution in [0.3, 0.4) is 0 Å². The summed E-state index contributed by atoms with van der Waals surface area (Å²) < 4.78 is 68.4. The van der Waals surface area contributed by atoms with Crippen molar-refractivity contribution in [2.24, 2.45) is 23.7 Å². The third-order valence-electron chi connectivity index (χ3n) is 17.7. The molecule has 0 spiro atoms. The van der Waals surface area contributed by atoms with Crippen LogP contribution < -0.4 is 0 Å². The average molecular weight is 1380 g/mol. The average Bonchev–Trinajstić information content (AvgIpc) is 2.23. The van der Waals surface area contributed by atoms with Crippen LogP contribution in [-0.2, 0) is 65.4 Å². The lowest BCUT2D eigenvalue weighted by Gasteiger charge is -2.21. The van der Waals surface area contributed by atoms with Crippen LogP contribution >= 0.6 is 15.6 Å². The van der Waals surface area contributed by atoms with Crippen molar-refractivity contribution >= 4 is 39.5 Å². The predicted molar refractivity (Wildman–Crippen MR) is 381 cm³/mol. The van der Waals surface area contributed by atoms with Gasteiger partial charge in [-0.3, -0.25) is 37.3 Å². The van der Waals surface area contributed by atoms with Crippen molar-refractivity contribution in [3.63, 3.8) is 0 Å². The number of carbonyl (C=O) groups is 4. The first kappa shape index (κ1) is 92.1. The number of hydrogen-bond acceptors (Lipinski definition) is 15. The molecule has 94 heavy (non-hydrogen) atoms. The summed E-state index contributed by atoms with van der Waals surface area (Å²) in [6.45, 7) is 14.1. The lowest BCUT2D eigenvalue weighted by atomic mass is 9.99. The highest BCUT2D eigenvalue weighted by molar-refractivity contribution is 7.47. The minimum Gasteiger partial charge on any atom is -0.462 e. The van der Waals surface area contributed by atoms with Gasteiger partial charge in [-0.25, -0.2) is 9.13 Å². The summed E-state index contributed by atoms with van der Waals surface area (Å²) in [5, 5.41) is 10.6. The van der Waals surface area contributed by atoms with E-state index in [2.05, 4.69) is 55.4 Å². The molecule has 0 aliphatic heterocycles. The molecule has 17 nitrogen and oxygen atoms in total. The second-order valence-corrected chi connectivity index (χ2v) is 31.6. The zero-order chi connectivity index (χ0) is 69.6. The SMILES string of the molecule is CCC(C)CCCCCCCCCCC(=O)O[C@H](COC(=O)CCCCCCCCCCC(C)C)COP(=O)(O)OCC(O)COP(=O)(O)OC[C@@H](COC(=O)CCCCCCCCCC(C)C)OC(=O)CCCCCCCCCCCCCCCCCCCCC(C)C. The molecule has 0 fully saturated rings. The van der Waals surface area contributed by atoms with Gasteiger partial charge in [0.05, 0.1) is 26.4 Å². The molecular weight excluding hydrogens is 1230 g/mol. The number of unbranched alkanes of at least 4 members (excludes halogenated alkanes) is 37. The van der Waals surface area contributed by atoms with Gasteiger partial charge in [0.25, 0.3) is 0 Å². The molecular formula is C75H146O17P2. The summed E-state index contributed by atoms with van der Waals surface area (Å²) in [6.07, 6.45) is 48.8. The fraction of sp³-hybridized carbons (Fsp3) is 0.947. The summed E-state index contributed by atoms with van der Waals surface area (Å²) >= 11 is 0. The quantitative estimate of drug-likeness (QED) is 0.0222. The van der Waals surface area contributed by atoms with E-state index in [9.17, 15) is 43.2 Å². The Hall–Kier alpha value is -1.94. The smallest absolute Gasteiger partial charge is 0.462 e. The molecule has 0 radical (unpaired) electrons. The Kier molecular flexibility index (Phi) is 63.1. The number of phosphoric ester groups is 2. The van der Waals surface area contributed by atoms with Gasteiger partial charge in [-0.1, -0.05) is 325 Å². The monoisotopic (exact) mass is 1380 g/mol. The van der Waals surface area contributed by atoms with Crippen molar-refractivity contribution in [1.29, 1.82) is 0 Å². The molecule has 558 valence electrons. The first-order chi connectivity index (χ1) is 45.1. The van der Waals surface area contributed by atoms with Gasteiger partial charge in [0.2, 0.25) is 0 Å². The number of aliphatic hydroxyl groups is 1. The predicted octanol–water partition coefficient (Wildman–Crippen LogP) is 21.7. The fourth-order valence-corrected chi connectivity index (χ4v) is 12.9. The third kappa shape index (κ3) is 67.3. The zero-order valence-electron chi connectivity index (χ0n) is 61.6. The first-order valence-corrected chi connectivity index (χ1v) is 41.7. The largest absolute Gasteiger partial charge is 0.472 e. The molecule has 4 unspecified atom stereocenters. The van der Waals surface area contributed by atoms with Gasteiger partial charge in [-0.15, -0.1) is 0 Å². The van der Waals surface area contributed by atoms with Crippen LogP contribution in [0, 0.1) is 23.7 Å². The minimum atomic E-state index is -4.96. The number of esters is 4. The van der Waals surface area contributed by atoms with E-state index in [1.165, 1.54) is 173 Å². The number of phosphoric acid groups is 2. The molecule has 0 aromatic rings. The number of hydrogen-bond donors (Lipinski definition) is 3. The maximum Gasteiger partial charge on any atom is 0.472 e. The van der Waals surface area contributed by atoms with Gasteiger partial charge in [-0.05, 0) is 49.4 Å². The highest BCUT2D eigenvalue weighted by atomic mass is 31.2. The zero-order valence-corrected chi connectivity index (χ0v) is 63.4. The molecule has 0 amide bonds. The minimum absolute atomic E-state index is 0.104. The number of carbonyl (C=O) groups excluding carboxylic acids is 4. The van der Waals surface area contributed by atoms with Crippen molar-refractivity contribution in [1.82, 2.24) is 0 Å². The van der Waals surface area contributed by atoms with E-state index in [4.69, 9.17) is 37.0 Å². The van der Waals surface area contributed by atoms with Gasteiger partial charge in [0.1, 0.15) is 19.3 Å². The Bertz CT molecular complexity index is 1850. The molecule has 0 saturated carbocycles. The van der Waals surface area contributed by atoms with E-state index in [1.807, 2.05) is 0 Å². The van der Waals surface area contributed by atoms with Gasteiger partial charge in [0, 0.05) is 25.7 Å². The highest BCUT2D eigenvalue weighted by Gasteiger charge is 2.30. The summed E-state index contributed by atoms with van der Waals surface area (Å²) in [5.41, 5.74) is 0. The van der Waals surface area contributed by atoms with E-state index in [-0.39, 0.29) is 25.7 Å². The van der Waals surface area contributed by atoms with Gasteiger partial charge in [0.15, 0.2) is 12.2 Å². The first-order valence-electron chi connectivity index (χ1n) is 38.7. The van der Waals surface area contributed by atoms with Crippen LogP contribution in [0.2, 0.25) is 0 Å². The Morgan fingerprint density at radius 1 is 0.298 bits per heavy atom. The van der Waals surface area contributed by atoms with Crippen molar-refractivity contribution in [3.05, 3.63) is 0 Å². The van der Waals surface area contributed by atoms with Crippen LogP contribution in [-0.4, -0.2) is 96.7 Å². The Balaban J connectivity index is 5.18. The molecule has 0 aliphatic carbocycles. The molecule has 6 atom stereocenters. The summed E-state index contributed by atoms with van der Waals surface area (Å²) in [7, 11) is -9.91. The molecule has 0 bridgehead atoms. The number of rotatable bonds is 72. The molecule has 3 N–H and O–H groups in total. The Labute approximate surface area is 575 Å². The van der Waals surface area contributed by atoms with Crippen LogP contribution in [0.5, 0.6) is 0 Å². The van der Waals surface area contributed by atoms with Crippen LogP contribution in [0.4, 0.5) is 0 Å². The van der Waals surface area contributed by atoms with Crippen LogP contribution in [0.15, 0.2) is 0 Å². The lowest BCUT2D eigenvalue weighted by Crippen LogP contribution is -2.30. The standard InChI is InChI=1S/C75H146O17P2/c1-9-68(8)54-46-38-30-23-25-33-42-50-58-75(80)92-70(61-85-72(77)55-47-39-31-24-22-28-36-44-52-66(4)5)63-89-93(81,82)87-59-69(76)60-88-94(83,84)90-64-71(62-86-73(78)56-48-40-34-26-29-37-45-53-67(6)7)91-74(79)57-49-41-32-21-19-17-15-13-11-10-12-14-16-18-20-27-35-43-51-65(2)3/h65-71,76H,9-64H2,1-8H3,(H,81,82)(H,83,84)/t68?,69?,70-,71-/m1/s1. The van der Waals surface area contributed by atoms with E-state index in [1.54, 1.807) is 0 Å². The van der Waals surface area contributed by atoms with E-state index >= 15 is 0 Å². The summed E-state index contributed by atoms with van der Waals surface area (Å²) in [4.78, 5) is 72.7. The van der Waals surface area contributed by atoms with Gasteiger partial charge < -0.3 is 33.8 Å². The van der Waals surface area contributed by atoms with Crippen LogP contribution in [0.1, 0.15) is 376 Å². The number of aliphatic hydroxyl groups excluding tert-OH is 1. The molecule has 0 saturated heterocycles. The van der Waals surface area contributed by atoms with Crippen molar-refractivity contribution in [2.45, 2.75) is 395 Å². The van der Waals surface area contributed by atoms with Crippen LogP contribution in [0.25, 0.3) is 0 Å². The molecule has 0 aliphatic rings. The lowest BCUT2D eigenvalue weighted by molar-refractivity contribution is -0.161. The third-order valence-corrected chi connectivity index (χ3v) is 19.6. The molecule has 19 heteroatoms. The second kappa shape index (κ2) is 64.4. The normalized spacial score (nSPS) is 14.4. The molecule has 0 aromatic heterocycles. The Morgan fingerprint density at radius 3 is 0.755 bits per heavy atom. The fourth-order valence-electron chi connectivity index (χ4n) is 11.3. The number of ether oxygens (including phenoxy) is 4. The Morgan fingerprint density at radius 2 is 0.511 bits per heavy atom. The van der Waals surface area contributed by atoms with Crippen molar-refractivity contribution in [3.8, 4) is 0 Å². The molecule has 0 heterocycles. The topological polar surface area (TPSA) is 237 Å². The second-order valence-electron chi connectivity index (χ2n) is 28.7. The summed E-state index contributed by atoms with van der Waals surface area (Å²) in [5.74, 6) is 0.895.